The smallest absolute Gasteiger partial charge is 0.136 e. The largest absolute Gasteiger partial charge is 0.354 e. The zero-order valence-corrected chi connectivity index (χ0v) is 14.9. The molecule has 1 aliphatic heterocycles. The Bertz CT molecular complexity index is 868. The van der Waals surface area contributed by atoms with Crippen LogP contribution in [0.25, 0.3) is 21.9 Å². The van der Waals surface area contributed by atoms with E-state index in [0.29, 0.717) is 0 Å². The van der Waals surface area contributed by atoms with Crippen molar-refractivity contribution in [3.63, 3.8) is 0 Å². The van der Waals surface area contributed by atoms with Crippen molar-refractivity contribution in [2.45, 2.75) is 13.8 Å². The zero-order valence-electron chi connectivity index (χ0n) is 14.9. The maximum atomic E-state index is 5.03. The van der Waals surface area contributed by atoms with Crippen LogP contribution in [-0.4, -0.2) is 47.6 Å². The average molecular weight is 332 g/mol. The molecule has 0 N–H and O–H groups in total. The molecule has 25 heavy (non-hydrogen) atoms. The van der Waals surface area contributed by atoms with Gasteiger partial charge in [0.2, 0.25) is 0 Å². The highest BCUT2D eigenvalue weighted by Gasteiger charge is 2.21. The molecule has 0 amide bonds. The van der Waals surface area contributed by atoms with Gasteiger partial charge in [-0.05, 0) is 24.9 Å². The number of hydrogen-bond donors (Lipinski definition) is 0. The molecule has 0 atom stereocenters. The van der Waals surface area contributed by atoms with Gasteiger partial charge in [-0.1, -0.05) is 37.3 Å². The molecule has 0 radical (unpaired) electrons. The number of aromatic nitrogens is 2. The minimum atomic E-state index is 1.04. The van der Waals surface area contributed by atoms with Gasteiger partial charge in [0.1, 0.15) is 5.82 Å². The van der Waals surface area contributed by atoms with Gasteiger partial charge in [-0.2, -0.15) is 0 Å². The van der Waals surface area contributed by atoms with Crippen LogP contribution < -0.4 is 4.90 Å². The molecule has 2 aromatic heterocycles. The summed E-state index contributed by atoms with van der Waals surface area (Å²) in [6, 6.07) is 12.7. The van der Waals surface area contributed by atoms with E-state index < -0.39 is 0 Å². The van der Waals surface area contributed by atoms with E-state index in [4.69, 9.17) is 4.98 Å². The van der Waals surface area contributed by atoms with Crippen molar-refractivity contribution in [3.8, 4) is 11.1 Å². The molecule has 4 heteroatoms. The molecule has 0 aliphatic carbocycles. The number of rotatable bonds is 3. The molecule has 1 saturated heterocycles. The number of hydrogen-bond acceptors (Lipinski definition) is 4. The SMILES string of the molecule is CCN1CCN(c2nc(C)c(-c3cccnc3)c3ccccc23)CC1. The molecule has 0 unspecified atom stereocenters. The van der Waals surface area contributed by atoms with Crippen molar-refractivity contribution in [3.05, 3.63) is 54.5 Å². The summed E-state index contributed by atoms with van der Waals surface area (Å²) < 4.78 is 0. The summed E-state index contributed by atoms with van der Waals surface area (Å²) in [5.74, 6) is 1.12. The lowest BCUT2D eigenvalue weighted by Gasteiger charge is -2.35. The first-order valence-corrected chi connectivity index (χ1v) is 9.05. The highest BCUT2D eigenvalue weighted by Crippen LogP contribution is 2.35. The Kier molecular flexibility index (Phi) is 4.36. The topological polar surface area (TPSA) is 32.3 Å². The molecular weight excluding hydrogens is 308 g/mol. The van der Waals surface area contributed by atoms with Crippen LogP contribution in [0, 0.1) is 6.92 Å². The third-order valence-electron chi connectivity index (χ3n) is 5.14. The monoisotopic (exact) mass is 332 g/mol. The molecule has 1 aliphatic rings. The van der Waals surface area contributed by atoms with Gasteiger partial charge < -0.3 is 9.80 Å². The lowest BCUT2D eigenvalue weighted by Crippen LogP contribution is -2.46. The first-order valence-electron chi connectivity index (χ1n) is 9.05. The maximum absolute atomic E-state index is 5.03. The number of benzene rings is 1. The Morgan fingerprint density at radius 3 is 2.40 bits per heavy atom. The Labute approximate surface area is 149 Å². The second-order valence-electron chi connectivity index (χ2n) is 6.60. The van der Waals surface area contributed by atoms with Crippen LogP contribution in [0.1, 0.15) is 12.6 Å². The van der Waals surface area contributed by atoms with E-state index >= 15 is 0 Å². The van der Waals surface area contributed by atoms with E-state index in [9.17, 15) is 0 Å². The van der Waals surface area contributed by atoms with Gasteiger partial charge in [-0.25, -0.2) is 4.98 Å². The van der Waals surface area contributed by atoms with Gasteiger partial charge in [0.15, 0.2) is 0 Å². The fourth-order valence-electron chi connectivity index (χ4n) is 3.76. The van der Waals surface area contributed by atoms with Crippen LogP contribution in [0.2, 0.25) is 0 Å². The van der Waals surface area contributed by atoms with Gasteiger partial charge in [-0.3, -0.25) is 4.98 Å². The van der Waals surface area contributed by atoms with Crippen LogP contribution in [0.4, 0.5) is 5.82 Å². The Morgan fingerprint density at radius 2 is 1.72 bits per heavy atom. The quantitative estimate of drug-likeness (QED) is 0.731. The zero-order chi connectivity index (χ0) is 17.2. The summed E-state index contributed by atoms with van der Waals surface area (Å²) >= 11 is 0. The van der Waals surface area contributed by atoms with Crippen LogP contribution in [0.3, 0.4) is 0 Å². The summed E-state index contributed by atoms with van der Waals surface area (Å²) in [5, 5.41) is 2.49. The second kappa shape index (κ2) is 6.81. The van der Waals surface area contributed by atoms with Crippen molar-refractivity contribution in [2.75, 3.05) is 37.6 Å². The van der Waals surface area contributed by atoms with Gasteiger partial charge in [0.05, 0.1) is 0 Å². The summed E-state index contributed by atoms with van der Waals surface area (Å²) in [7, 11) is 0. The van der Waals surface area contributed by atoms with E-state index in [1.54, 1.807) is 0 Å². The van der Waals surface area contributed by atoms with Gasteiger partial charge in [0, 0.05) is 60.8 Å². The molecule has 4 rings (SSSR count). The summed E-state index contributed by atoms with van der Waals surface area (Å²) in [4.78, 5) is 14.3. The first kappa shape index (κ1) is 16.0. The molecular formula is C21H24N4. The Balaban J connectivity index is 1.83. The van der Waals surface area contributed by atoms with Gasteiger partial charge in [0.25, 0.3) is 0 Å². The normalized spacial score (nSPS) is 15.7. The van der Waals surface area contributed by atoms with Crippen molar-refractivity contribution in [1.29, 1.82) is 0 Å². The third kappa shape index (κ3) is 2.98. The average Bonchev–Trinajstić information content (AvgIpc) is 2.68. The Hall–Kier alpha value is -2.46. The lowest BCUT2D eigenvalue weighted by atomic mass is 9.98. The molecule has 128 valence electrons. The van der Waals surface area contributed by atoms with Gasteiger partial charge >= 0.3 is 0 Å². The van der Waals surface area contributed by atoms with Crippen molar-refractivity contribution in [2.24, 2.45) is 0 Å². The summed E-state index contributed by atoms with van der Waals surface area (Å²) in [6.45, 7) is 9.76. The second-order valence-corrected chi connectivity index (χ2v) is 6.60. The number of piperazine rings is 1. The van der Waals surface area contributed by atoms with E-state index in [1.807, 2.05) is 18.5 Å². The number of aryl methyl sites for hydroxylation is 1. The number of anilines is 1. The van der Waals surface area contributed by atoms with Crippen LogP contribution in [0.5, 0.6) is 0 Å². The van der Waals surface area contributed by atoms with E-state index in [1.165, 1.54) is 16.3 Å². The minimum absolute atomic E-state index is 1.04. The van der Waals surface area contributed by atoms with Crippen molar-refractivity contribution in [1.82, 2.24) is 14.9 Å². The van der Waals surface area contributed by atoms with Crippen LogP contribution in [-0.2, 0) is 0 Å². The number of pyridine rings is 2. The standard InChI is InChI=1S/C21H24N4/c1-3-24-11-13-25(14-12-24)21-19-9-5-4-8-18(19)20(16(2)23-21)17-7-6-10-22-15-17/h4-10,15H,3,11-14H2,1-2H3. The molecule has 0 bridgehead atoms. The molecule has 1 aromatic carbocycles. The summed E-state index contributed by atoms with van der Waals surface area (Å²) in [5.41, 5.74) is 3.39. The minimum Gasteiger partial charge on any atom is -0.354 e. The molecule has 1 fully saturated rings. The van der Waals surface area contributed by atoms with E-state index in [0.717, 1.165) is 49.8 Å². The molecule has 3 heterocycles. The van der Waals surface area contributed by atoms with E-state index in [-0.39, 0.29) is 0 Å². The molecule has 0 saturated carbocycles. The highest BCUT2D eigenvalue weighted by atomic mass is 15.3. The highest BCUT2D eigenvalue weighted by molar-refractivity contribution is 6.03. The molecule has 0 spiro atoms. The van der Waals surface area contributed by atoms with Gasteiger partial charge in [-0.15, -0.1) is 0 Å². The predicted octanol–water partition coefficient (Wildman–Crippen LogP) is 3.75. The Morgan fingerprint density at radius 1 is 0.960 bits per heavy atom. The fourth-order valence-corrected chi connectivity index (χ4v) is 3.76. The first-order chi connectivity index (χ1) is 12.3. The van der Waals surface area contributed by atoms with Crippen molar-refractivity contribution < 1.29 is 0 Å². The maximum Gasteiger partial charge on any atom is 0.136 e. The summed E-state index contributed by atoms with van der Waals surface area (Å²) in [6.07, 6.45) is 3.74. The number of fused-ring (bicyclic) bond motifs is 1. The predicted molar refractivity (Wildman–Crippen MR) is 104 cm³/mol. The lowest BCUT2D eigenvalue weighted by molar-refractivity contribution is 0.271. The van der Waals surface area contributed by atoms with Crippen molar-refractivity contribution >= 4 is 16.6 Å². The van der Waals surface area contributed by atoms with Crippen LogP contribution in [0.15, 0.2) is 48.8 Å². The molecule has 4 nitrogen and oxygen atoms in total. The number of likely N-dealkylation sites (N-methyl/N-ethyl adjacent to an activating group) is 1. The fraction of sp³-hybridized carbons (Fsp3) is 0.333. The molecule has 3 aromatic rings. The third-order valence-corrected chi connectivity index (χ3v) is 5.14. The van der Waals surface area contributed by atoms with E-state index in [2.05, 4.69) is 59.0 Å². The van der Waals surface area contributed by atoms with Crippen LogP contribution >= 0.6 is 0 Å². The number of nitrogens with zero attached hydrogens (tertiary/aromatic N) is 4.